The van der Waals surface area contributed by atoms with Crippen molar-refractivity contribution in [2.24, 2.45) is 0 Å². The molecule has 0 radical (unpaired) electrons. The highest BCUT2D eigenvalue weighted by Gasteiger charge is 2.07. The van der Waals surface area contributed by atoms with Gasteiger partial charge >= 0.3 is 0 Å². The summed E-state index contributed by atoms with van der Waals surface area (Å²) in [7, 11) is 1.62. The van der Waals surface area contributed by atoms with Crippen LogP contribution in [-0.2, 0) is 6.54 Å². The van der Waals surface area contributed by atoms with Gasteiger partial charge < -0.3 is 20.1 Å². The predicted octanol–water partition coefficient (Wildman–Crippen LogP) is 4.16. The standard InChI is InChI=1S/C22H23N3O3/c1-3-28-20-10-6-18(7-11-20)25-21-14-17(12-13-23-21)22(26)24-15-16-4-8-19(27-2)9-5-16/h4-14H,3,15H2,1-2H3,(H,23,25)(H,24,26). The van der Waals surface area contributed by atoms with E-state index in [2.05, 4.69) is 15.6 Å². The highest BCUT2D eigenvalue weighted by Crippen LogP contribution is 2.19. The van der Waals surface area contributed by atoms with Crippen molar-refractivity contribution in [2.75, 3.05) is 19.0 Å². The van der Waals surface area contributed by atoms with Crippen molar-refractivity contribution in [3.63, 3.8) is 0 Å². The van der Waals surface area contributed by atoms with Crippen molar-refractivity contribution in [3.05, 3.63) is 78.0 Å². The van der Waals surface area contributed by atoms with Crippen LogP contribution in [0.4, 0.5) is 11.5 Å². The number of pyridine rings is 1. The predicted molar refractivity (Wildman–Crippen MR) is 109 cm³/mol. The summed E-state index contributed by atoms with van der Waals surface area (Å²) in [4.78, 5) is 16.7. The molecule has 0 unspecified atom stereocenters. The summed E-state index contributed by atoms with van der Waals surface area (Å²) in [6.45, 7) is 3.01. The molecule has 1 aromatic heterocycles. The van der Waals surface area contributed by atoms with E-state index in [1.54, 1.807) is 25.4 Å². The number of hydrogen-bond acceptors (Lipinski definition) is 5. The van der Waals surface area contributed by atoms with E-state index < -0.39 is 0 Å². The summed E-state index contributed by atoms with van der Waals surface area (Å²) < 4.78 is 10.6. The molecule has 2 aromatic carbocycles. The summed E-state index contributed by atoms with van der Waals surface area (Å²) in [6, 6.07) is 18.6. The molecule has 0 saturated carbocycles. The van der Waals surface area contributed by atoms with Gasteiger partial charge in [-0.15, -0.1) is 0 Å². The van der Waals surface area contributed by atoms with Crippen LogP contribution in [0.15, 0.2) is 66.9 Å². The Morgan fingerprint density at radius 3 is 2.39 bits per heavy atom. The lowest BCUT2D eigenvalue weighted by Gasteiger charge is -2.09. The van der Waals surface area contributed by atoms with Crippen molar-refractivity contribution >= 4 is 17.4 Å². The monoisotopic (exact) mass is 377 g/mol. The molecule has 1 amide bonds. The third-order valence-corrected chi connectivity index (χ3v) is 4.07. The number of carbonyl (C=O) groups excluding carboxylic acids is 1. The molecule has 0 fully saturated rings. The molecule has 1 heterocycles. The van der Waals surface area contributed by atoms with Crippen LogP contribution in [0.1, 0.15) is 22.8 Å². The molecule has 6 nitrogen and oxygen atoms in total. The number of hydrogen-bond donors (Lipinski definition) is 2. The second-order valence-electron chi connectivity index (χ2n) is 6.04. The Kier molecular flexibility index (Phi) is 6.46. The molecular weight excluding hydrogens is 354 g/mol. The van der Waals surface area contributed by atoms with Crippen LogP contribution in [0.2, 0.25) is 0 Å². The molecular formula is C22H23N3O3. The van der Waals surface area contributed by atoms with Crippen LogP contribution in [0.3, 0.4) is 0 Å². The van der Waals surface area contributed by atoms with Crippen molar-refractivity contribution < 1.29 is 14.3 Å². The van der Waals surface area contributed by atoms with Crippen LogP contribution in [0.5, 0.6) is 11.5 Å². The lowest BCUT2D eigenvalue weighted by atomic mass is 10.2. The number of amides is 1. The number of anilines is 2. The fourth-order valence-corrected chi connectivity index (χ4v) is 2.62. The van der Waals surface area contributed by atoms with E-state index in [0.717, 1.165) is 22.7 Å². The van der Waals surface area contributed by atoms with Crippen LogP contribution in [-0.4, -0.2) is 24.6 Å². The highest BCUT2D eigenvalue weighted by atomic mass is 16.5. The molecule has 2 N–H and O–H groups in total. The summed E-state index contributed by atoms with van der Waals surface area (Å²) >= 11 is 0. The van der Waals surface area contributed by atoms with Crippen LogP contribution >= 0.6 is 0 Å². The lowest BCUT2D eigenvalue weighted by molar-refractivity contribution is 0.0951. The van der Waals surface area contributed by atoms with E-state index in [-0.39, 0.29) is 5.91 Å². The van der Waals surface area contributed by atoms with Crippen molar-refractivity contribution in [1.29, 1.82) is 0 Å². The van der Waals surface area contributed by atoms with E-state index in [9.17, 15) is 4.79 Å². The number of rotatable bonds is 8. The first kappa shape index (κ1) is 19.2. The lowest BCUT2D eigenvalue weighted by Crippen LogP contribution is -2.22. The molecule has 3 aromatic rings. The molecule has 28 heavy (non-hydrogen) atoms. The molecule has 0 saturated heterocycles. The minimum absolute atomic E-state index is 0.159. The van der Waals surface area contributed by atoms with Gasteiger partial charge in [-0.1, -0.05) is 12.1 Å². The Hall–Kier alpha value is -3.54. The number of benzene rings is 2. The number of aromatic nitrogens is 1. The first-order valence-corrected chi connectivity index (χ1v) is 9.05. The third-order valence-electron chi connectivity index (χ3n) is 4.07. The zero-order valence-corrected chi connectivity index (χ0v) is 15.9. The highest BCUT2D eigenvalue weighted by molar-refractivity contribution is 5.94. The van der Waals surface area contributed by atoms with Gasteiger partial charge in [0.2, 0.25) is 0 Å². The first-order chi connectivity index (χ1) is 13.7. The van der Waals surface area contributed by atoms with Gasteiger partial charge in [0.15, 0.2) is 0 Å². The average Bonchev–Trinajstić information content (AvgIpc) is 2.74. The van der Waals surface area contributed by atoms with E-state index in [4.69, 9.17) is 9.47 Å². The van der Waals surface area contributed by atoms with E-state index in [1.807, 2.05) is 55.5 Å². The quantitative estimate of drug-likeness (QED) is 0.617. The normalized spacial score (nSPS) is 10.2. The first-order valence-electron chi connectivity index (χ1n) is 9.05. The SMILES string of the molecule is CCOc1ccc(Nc2cc(C(=O)NCc3ccc(OC)cc3)ccn2)cc1. The second kappa shape index (κ2) is 9.41. The van der Waals surface area contributed by atoms with Crippen LogP contribution in [0, 0.1) is 0 Å². The molecule has 0 spiro atoms. The third kappa shape index (κ3) is 5.23. The van der Waals surface area contributed by atoms with Gasteiger partial charge in [0.25, 0.3) is 5.91 Å². The van der Waals surface area contributed by atoms with Crippen LogP contribution < -0.4 is 20.1 Å². The van der Waals surface area contributed by atoms with Crippen molar-refractivity contribution in [3.8, 4) is 11.5 Å². The molecule has 3 rings (SSSR count). The van der Waals surface area contributed by atoms with Gasteiger partial charge in [-0.05, 0) is 61.0 Å². The van der Waals surface area contributed by atoms with Gasteiger partial charge in [-0.3, -0.25) is 4.79 Å². The maximum Gasteiger partial charge on any atom is 0.251 e. The maximum atomic E-state index is 12.5. The number of ether oxygens (including phenoxy) is 2. The number of nitrogens with zero attached hydrogens (tertiary/aromatic N) is 1. The summed E-state index contributed by atoms with van der Waals surface area (Å²) in [5.41, 5.74) is 2.40. The van der Waals surface area contributed by atoms with E-state index >= 15 is 0 Å². The Morgan fingerprint density at radius 2 is 1.71 bits per heavy atom. The number of carbonyl (C=O) groups is 1. The fourth-order valence-electron chi connectivity index (χ4n) is 2.62. The smallest absolute Gasteiger partial charge is 0.251 e. The van der Waals surface area contributed by atoms with E-state index in [0.29, 0.717) is 24.5 Å². The Morgan fingerprint density at radius 1 is 1.00 bits per heavy atom. The molecule has 0 bridgehead atoms. The van der Waals surface area contributed by atoms with E-state index in [1.165, 1.54) is 0 Å². The number of methoxy groups -OCH3 is 1. The van der Waals surface area contributed by atoms with Crippen LogP contribution in [0.25, 0.3) is 0 Å². The maximum absolute atomic E-state index is 12.5. The van der Waals surface area contributed by atoms with Gasteiger partial charge in [-0.2, -0.15) is 0 Å². The van der Waals surface area contributed by atoms with Crippen molar-refractivity contribution in [1.82, 2.24) is 10.3 Å². The largest absolute Gasteiger partial charge is 0.497 e. The Labute approximate surface area is 164 Å². The summed E-state index contributed by atoms with van der Waals surface area (Å²) in [5.74, 6) is 2.04. The molecule has 0 aliphatic carbocycles. The Balaban J connectivity index is 1.60. The minimum atomic E-state index is -0.159. The molecule has 144 valence electrons. The minimum Gasteiger partial charge on any atom is -0.497 e. The fraction of sp³-hybridized carbons (Fsp3) is 0.182. The second-order valence-corrected chi connectivity index (χ2v) is 6.04. The molecule has 0 aliphatic rings. The van der Waals surface area contributed by atoms with Crippen molar-refractivity contribution in [2.45, 2.75) is 13.5 Å². The zero-order chi connectivity index (χ0) is 19.8. The van der Waals surface area contributed by atoms with Gasteiger partial charge in [-0.25, -0.2) is 4.98 Å². The summed E-state index contributed by atoms with van der Waals surface area (Å²) in [5, 5.41) is 6.11. The molecule has 6 heteroatoms. The molecule has 0 atom stereocenters. The molecule has 0 aliphatic heterocycles. The van der Waals surface area contributed by atoms with Gasteiger partial charge in [0, 0.05) is 24.0 Å². The topological polar surface area (TPSA) is 72.5 Å². The number of nitrogens with one attached hydrogen (secondary N) is 2. The summed E-state index contributed by atoms with van der Waals surface area (Å²) in [6.07, 6.45) is 1.61. The average molecular weight is 377 g/mol. The Bertz CT molecular complexity index is 909. The zero-order valence-electron chi connectivity index (χ0n) is 15.9. The van der Waals surface area contributed by atoms with Gasteiger partial charge in [0.1, 0.15) is 17.3 Å². The van der Waals surface area contributed by atoms with Gasteiger partial charge in [0.05, 0.1) is 13.7 Å².